The van der Waals surface area contributed by atoms with Crippen molar-refractivity contribution < 1.29 is 9.72 Å². The number of nitrogens with one attached hydrogen (secondary N) is 1. The molecule has 0 aromatic heterocycles. The van der Waals surface area contributed by atoms with Crippen molar-refractivity contribution in [3.8, 4) is 0 Å². The van der Waals surface area contributed by atoms with Gasteiger partial charge in [-0.1, -0.05) is 39.1 Å². The maximum Gasteiger partial charge on any atom is 0.283 e. The highest BCUT2D eigenvalue weighted by Crippen LogP contribution is 2.28. The van der Waals surface area contributed by atoms with Crippen molar-refractivity contribution in [3.63, 3.8) is 0 Å². The summed E-state index contributed by atoms with van der Waals surface area (Å²) >= 11 is 14.9. The van der Waals surface area contributed by atoms with Crippen LogP contribution in [0, 0.1) is 10.1 Å². The van der Waals surface area contributed by atoms with Crippen molar-refractivity contribution in [1.29, 1.82) is 0 Å². The van der Waals surface area contributed by atoms with E-state index in [-0.39, 0.29) is 16.3 Å². The average molecular weight is 390 g/mol. The van der Waals surface area contributed by atoms with E-state index in [0.29, 0.717) is 10.7 Å². The predicted octanol–water partition coefficient (Wildman–Crippen LogP) is 4.92. The van der Waals surface area contributed by atoms with E-state index in [1.54, 1.807) is 18.2 Å². The Morgan fingerprint density at radius 1 is 1.19 bits per heavy atom. The van der Waals surface area contributed by atoms with Crippen LogP contribution in [0.2, 0.25) is 10.0 Å². The zero-order valence-corrected chi connectivity index (χ0v) is 13.4. The number of benzene rings is 2. The molecule has 0 aliphatic carbocycles. The second-order valence-corrected chi connectivity index (χ2v) is 5.76. The van der Waals surface area contributed by atoms with Gasteiger partial charge in [-0.2, -0.15) is 0 Å². The molecule has 0 saturated carbocycles. The summed E-state index contributed by atoms with van der Waals surface area (Å²) in [7, 11) is 0. The van der Waals surface area contributed by atoms with Gasteiger partial charge in [0.1, 0.15) is 5.56 Å². The molecule has 0 atom stereocenters. The summed E-state index contributed by atoms with van der Waals surface area (Å²) < 4.78 is 0.753. The van der Waals surface area contributed by atoms with E-state index in [0.717, 1.165) is 10.5 Å². The molecule has 0 heterocycles. The van der Waals surface area contributed by atoms with E-state index in [9.17, 15) is 14.9 Å². The third-order valence-electron chi connectivity index (χ3n) is 2.58. The first-order chi connectivity index (χ1) is 9.88. The zero-order chi connectivity index (χ0) is 15.6. The first-order valence-corrected chi connectivity index (χ1v) is 7.13. The molecule has 0 fully saturated rings. The second-order valence-electron chi connectivity index (χ2n) is 4.00. The number of amides is 1. The van der Waals surface area contributed by atoms with Gasteiger partial charge in [0.05, 0.1) is 15.6 Å². The quantitative estimate of drug-likeness (QED) is 0.598. The minimum Gasteiger partial charge on any atom is -0.320 e. The van der Waals surface area contributed by atoms with Gasteiger partial charge in [-0.05, 0) is 30.3 Å². The molecular formula is C13H7BrCl2N2O3. The summed E-state index contributed by atoms with van der Waals surface area (Å²) in [4.78, 5) is 22.5. The molecule has 2 aromatic carbocycles. The maximum absolute atomic E-state index is 12.2. The van der Waals surface area contributed by atoms with Crippen LogP contribution in [0.15, 0.2) is 40.9 Å². The van der Waals surface area contributed by atoms with Gasteiger partial charge in [-0.25, -0.2) is 0 Å². The Balaban J connectivity index is 2.34. The van der Waals surface area contributed by atoms with Crippen molar-refractivity contribution in [1.82, 2.24) is 0 Å². The molecule has 108 valence electrons. The van der Waals surface area contributed by atoms with Crippen LogP contribution in [-0.4, -0.2) is 10.8 Å². The minimum absolute atomic E-state index is 0.0941. The highest BCUT2D eigenvalue weighted by molar-refractivity contribution is 9.10. The lowest BCUT2D eigenvalue weighted by Gasteiger charge is -2.08. The predicted molar refractivity (Wildman–Crippen MR) is 85.2 cm³/mol. The summed E-state index contributed by atoms with van der Waals surface area (Å²) in [6.45, 7) is 0. The van der Waals surface area contributed by atoms with E-state index in [4.69, 9.17) is 23.2 Å². The van der Waals surface area contributed by atoms with E-state index < -0.39 is 10.8 Å². The topological polar surface area (TPSA) is 72.2 Å². The number of hydrogen-bond acceptors (Lipinski definition) is 3. The van der Waals surface area contributed by atoms with E-state index >= 15 is 0 Å². The van der Waals surface area contributed by atoms with Crippen molar-refractivity contribution in [2.24, 2.45) is 0 Å². The van der Waals surface area contributed by atoms with Crippen LogP contribution >= 0.6 is 39.1 Å². The normalized spacial score (nSPS) is 10.2. The molecule has 0 saturated heterocycles. The summed E-state index contributed by atoms with van der Waals surface area (Å²) in [5.41, 5.74) is -0.106. The Kier molecular flexibility index (Phi) is 4.82. The number of nitrogens with zero attached hydrogens (tertiary/aromatic N) is 1. The fourth-order valence-electron chi connectivity index (χ4n) is 1.63. The first-order valence-electron chi connectivity index (χ1n) is 5.59. The summed E-state index contributed by atoms with van der Waals surface area (Å²) in [5.74, 6) is -0.636. The minimum atomic E-state index is -0.663. The van der Waals surface area contributed by atoms with Crippen LogP contribution < -0.4 is 5.32 Å². The fraction of sp³-hybridized carbons (Fsp3) is 0. The molecule has 0 aliphatic rings. The van der Waals surface area contributed by atoms with Gasteiger partial charge in [-0.15, -0.1) is 0 Å². The van der Waals surface area contributed by atoms with Crippen LogP contribution in [-0.2, 0) is 0 Å². The standard InChI is InChI=1S/C13H7BrCl2N2O3/c14-7-1-4-11(10(16)5-7)17-13(19)9-3-2-8(15)6-12(9)18(20)21/h1-6H,(H,17,19). The molecule has 8 heteroatoms. The maximum atomic E-state index is 12.2. The lowest BCUT2D eigenvalue weighted by Crippen LogP contribution is -2.14. The summed E-state index contributed by atoms with van der Waals surface area (Å²) in [6.07, 6.45) is 0. The Hall–Kier alpha value is -1.63. The monoisotopic (exact) mass is 388 g/mol. The largest absolute Gasteiger partial charge is 0.320 e. The van der Waals surface area contributed by atoms with Crippen LogP contribution in [0.4, 0.5) is 11.4 Å². The fourth-order valence-corrected chi connectivity index (χ4v) is 2.52. The van der Waals surface area contributed by atoms with Crippen molar-refractivity contribution >= 4 is 56.4 Å². The molecule has 1 N–H and O–H groups in total. The third-order valence-corrected chi connectivity index (χ3v) is 3.62. The Morgan fingerprint density at radius 2 is 1.90 bits per heavy atom. The molecule has 0 unspecified atom stereocenters. The molecule has 0 aliphatic heterocycles. The molecule has 0 bridgehead atoms. The SMILES string of the molecule is O=C(Nc1ccc(Br)cc1Cl)c1ccc(Cl)cc1[N+](=O)[O-]. The molecule has 2 rings (SSSR count). The summed E-state index contributed by atoms with van der Waals surface area (Å²) in [5, 5.41) is 14.0. The number of hydrogen-bond donors (Lipinski definition) is 1. The van der Waals surface area contributed by atoms with Gasteiger partial charge >= 0.3 is 0 Å². The lowest BCUT2D eigenvalue weighted by molar-refractivity contribution is -0.385. The van der Waals surface area contributed by atoms with E-state index in [2.05, 4.69) is 21.2 Å². The number of carbonyl (C=O) groups is 1. The molecule has 0 radical (unpaired) electrons. The van der Waals surface area contributed by atoms with Gasteiger partial charge < -0.3 is 5.32 Å². The third kappa shape index (κ3) is 3.72. The van der Waals surface area contributed by atoms with Crippen molar-refractivity contribution in [3.05, 3.63) is 66.6 Å². The zero-order valence-electron chi connectivity index (χ0n) is 10.3. The molecule has 21 heavy (non-hydrogen) atoms. The lowest BCUT2D eigenvalue weighted by atomic mass is 10.1. The molecule has 2 aromatic rings. The second kappa shape index (κ2) is 6.43. The Bertz CT molecular complexity index is 737. The van der Waals surface area contributed by atoms with Crippen molar-refractivity contribution in [2.45, 2.75) is 0 Å². The van der Waals surface area contributed by atoms with Gasteiger partial charge in [0, 0.05) is 15.6 Å². The van der Waals surface area contributed by atoms with Gasteiger partial charge in [-0.3, -0.25) is 14.9 Å². The van der Waals surface area contributed by atoms with Gasteiger partial charge in [0.15, 0.2) is 0 Å². The summed E-state index contributed by atoms with van der Waals surface area (Å²) in [6, 6.07) is 8.71. The van der Waals surface area contributed by atoms with Crippen LogP contribution in [0.5, 0.6) is 0 Å². The number of nitro benzene ring substituents is 1. The average Bonchev–Trinajstić information content (AvgIpc) is 2.41. The first kappa shape index (κ1) is 15.8. The molecule has 1 amide bonds. The molecular weight excluding hydrogens is 383 g/mol. The highest BCUT2D eigenvalue weighted by atomic mass is 79.9. The van der Waals surface area contributed by atoms with Gasteiger partial charge in [0.2, 0.25) is 0 Å². The molecule has 5 nitrogen and oxygen atoms in total. The smallest absolute Gasteiger partial charge is 0.283 e. The van der Waals surface area contributed by atoms with Crippen LogP contribution in [0.3, 0.4) is 0 Å². The van der Waals surface area contributed by atoms with E-state index in [1.807, 2.05) is 0 Å². The van der Waals surface area contributed by atoms with Crippen molar-refractivity contribution in [2.75, 3.05) is 5.32 Å². The highest BCUT2D eigenvalue weighted by Gasteiger charge is 2.21. The number of anilines is 1. The van der Waals surface area contributed by atoms with E-state index in [1.165, 1.54) is 12.1 Å². The number of carbonyl (C=O) groups excluding carboxylic acids is 1. The van der Waals surface area contributed by atoms with Crippen LogP contribution in [0.1, 0.15) is 10.4 Å². The molecule has 0 spiro atoms. The number of rotatable bonds is 3. The van der Waals surface area contributed by atoms with Crippen LogP contribution in [0.25, 0.3) is 0 Å². The number of halogens is 3. The Labute approximate surface area is 138 Å². The van der Waals surface area contributed by atoms with Gasteiger partial charge in [0.25, 0.3) is 11.6 Å². The Morgan fingerprint density at radius 3 is 2.52 bits per heavy atom. The number of nitro groups is 1.